The molecule has 8 heteroatoms. The highest BCUT2D eigenvalue weighted by atomic mass is 32.2. The molecule has 0 aliphatic rings. The normalized spacial score (nSPS) is 11.2. The van der Waals surface area contributed by atoms with E-state index in [-0.39, 0.29) is 11.7 Å². The number of rotatable bonds is 9. The zero-order chi connectivity index (χ0) is 17.4. The summed E-state index contributed by atoms with van der Waals surface area (Å²) in [5.41, 5.74) is 1.12. The molecule has 2 aromatic rings. The third kappa shape index (κ3) is 6.04. The first kappa shape index (κ1) is 18.0. The number of nitrogens with one attached hydrogen (secondary N) is 2. The van der Waals surface area contributed by atoms with E-state index in [0.717, 1.165) is 0 Å². The maximum Gasteiger partial charge on any atom is 0.232 e. The van der Waals surface area contributed by atoms with Crippen LogP contribution in [0.2, 0.25) is 0 Å². The largest absolute Gasteiger partial charge is 0.326 e. The second kappa shape index (κ2) is 8.49. The van der Waals surface area contributed by atoms with Crippen LogP contribution in [-0.2, 0) is 21.4 Å². The topological polar surface area (TPSA) is 93.1 Å². The molecular weight excluding hydrogens is 328 g/mol. The maximum atomic E-state index is 11.9. The number of aryl methyl sites for hydroxylation is 1. The molecule has 1 heterocycles. The number of aromatic nitrogens is 2. The lowest BCUT2D eigenvalue weighted by Gasteiger charge is -2.09. The molecule has 0 unspecified atom stereocenters. The highest BCUT2D eigenvalue weighted by Gasteiger charge is 2.09. The van der Waals surface area contributed by atoms with Crippen LogP contribution in [-0.4, -0.2) is 29.9 Å². The van der Waals surface area contributed by atoms with Crippen molar-refractivity contribution in [2.75, 3.05) is 15.8 Å². The van der Waals surface area contributed by atoms with E-state index in [1.807, 2.05) is 19.2 Å². The minimum atomic E-state index is -3.30. The third-order valence-electron chi connectivity index (χ3n) is 3.27. The van der Waals surface area contributed by atoms with Crippen LogP contribution in [0, 0.1) is 0 Å². The molecule has 0 spiro atoms. The summed E-state index contributed by atoms with van der Waals surface area (Å²) in [7, 11) is -3.30. The van der Waals surface area contributed by atoms with Gasteiger partial charge in [-0.2, -0.15) is 5.10 Å². The summed E-state index contributed by atoms with van der Waals surface area (Å²) in [5.74, 6) is 0.00309. The van der Waals surface area contributed by atoms with Crippen LogP contribution >= 0.6 is 0 Å². The van der Waals surface area contributed by atoms with Gasteiger partial charge in [-0.15, -0.1) is 0 Å². The van der Waals surface area contributed by atoms with E-state index in [2.05, 4.69) is 15.1 Å². The molecule has 0 atom stereocenters. The summed E-state index contributed by atoms with van der Waals surface area (Å²) >= 11 is 0. The summed E-state index contributed by atoms with van der Waals surface area (Å²) in [6.45, 7) is 2.50. The number of benzene rings is 1. The number of carbonyl (C=O) groups excluding carboxylic acids is 1. The zero-order valence-corrected chi connectivity index (χ0v) is 14.4. The molecule has 2 N–H and O–H groups in total. The molecule has 130 valence electrons. The van der Waals surface area contributed by atoms with Gasteiger partial charge in [-0.05, 0) is 43.2 Å². The lowest BCUT2D eigenvalue weighted by molar-refractivity contribution is -0.116. The van der Waals surface area contributed by atoms with Gasteiger partial charge in [-0.1, -0.05) is 6.92 Å². The van der Waals surface area contributed by atoms with E-state index in [4.69, 9.17) is 0 Å². The monoisotopic (exact) mass is 350 g/mol. The molecule has 0 radical (unpaired) electrons. The van der Waals surface area contributed by atoms with Crippen LogP contribution in [0.15, 0.2) is 42.7 Å². The van der Waals surface area contributed by atoms with E-state index >= 15 is 0 Å². The Bertz CT molecular complexity index is 740. The Labute approximate surface area is 142 Å². The van der Waals surface area contributed by atoms with E-state index in [9.17, 15) is 13.2 Å². The van der Waals surface area contributed by atoms with Crippen molar-refractivity contribution < 1.29 is 13.2 Å². The lowest BCUT2D eigenvalue weighted by Crippen LogP contribution is -2.16. The van der Waals surface area contributed by atoms with Crippen LogP contribution in [0.1, 0.15) is 26.2 Å². The Balaban J connectivity index is 1.79. The summed E-state index contributed by atoms with van der Waals surface area (Å²) in [6.07, 6.45) is 5.21. The molecule has 0 saturated carbocycles. The molecule has 0 aliphatic heterocycles. The molecule has 0 aliphatic carbocycles. The maximum absolute atomic E-state index is 11.9. The van der Waals surface area contributed by atoms with Crippen LogP contribution in [0.4, 0.5) is 11.4 Å². The Morgan fingerprint density at radius 3 is 2.54 bits per heavy atom. The van der Waals surface area contributed by atoms with E-state index < -0.39 is 10.0 Å². The second-order valence-corrected chi connectivity index (χ2v) is 7.26. The fourth-order valence-corrected chi connectivity index (χ4v) is 3.31. The van der Waals surface area contributed by atoms with Crippen LogP contribution in [0.3, 0.4) is 0 Å². The quantitative estimate of drug-likeness (QED) is 0.726. The van der Waals surface area contributed by atoms with Gasteiger partial charge >= 0.3 is 0 Å². The van der Waals surface area contributed by atoms with Gasteiger partial charge in [0, 0.05) is 36.7 Å². The van der Waals surface area contributed by atoms with E-state index in [0.29, 0.717) is 37.2 Å². The van der Waals surface area contributed by atoms with Gasteiger partial charge in [-0.25, -0.2) is 8.42 Å². The molecule has 2 rings (SSSR count). The van der Waals surface area contributed by atoms with Gasteiger partial charge in [0.1, 0.15) is 0 Å². The summed E-state index contributed by atoms with van der Waals surface area (Å²) < 4.78 is 27.7. The Kier molecular flexibility index (Phi) is 6.36. The van der Waals surface area contributed by atoms with Crippen molar-refractivity contribution in [3.05, 3.63) is 42.7 Å². The van der Waals surface area contributed by atoms with Gasteiger partial charge in [0.25, 0.3) is 0 Å². The summed E-state index contributed by atoms with van der Waals surface area (Å²) in [6, 6.07) is 8.46. The van der Waals surface area contributed by atoms with Crippen molar-refractivity contribution in [3.63, 3.8) is 0 Å². The van der Waals surface area contributed by atoms with E-state index in [1.165, 1.54) is 0 Å². The molecular formula is C16H22N4O3S. The van der Waals surface area contributed by atoms with Crippen molar-refractivity contribution in [2.24, 2.45) is 0 Å². The molecule has 24 heavy (non-hydrogen) atoms. The Morgan fingerprint density at radius 2 is 1.92 bits per heavy atom. The first-order chi connectivity index (χ1) is 11.5. The number of amides is 1. The average molecular weight is 350 g/mol. The molecule has 0 bridgehead atoms. The zero-order valence-electron chi connectivity index (χ0n) is 13.6. The number of anilines is 2. The first-order valence-electron chi connectivity index (χ1n) is 7.86. The van der Waals surface area contributed by atoms with Crippen molar-refractivity contribution in [1.29, 1.82) is 0 Å². The predicted molar refractivity (Wildman–Crippen MR) is 94.2 cm³/mol. The fourth-order valence-electron chi connectivity index (χ4n) is 2.18. The predicted octanol–water partition coefficient (Wildman–Crippen LogP) is 2.45. The molecule has 1 aromatic heterocycles. The number of hydrogen-bond acceptors (Lipinski definition) is 4. The molecule has 0 saturated heterocycles. The SMILES string of the molecule is CCCS(=O)(=O)Nc1ccc(NC(=O)CCCn2cccn2)cc1. The second-order valence-electron chi connectivity index (χ2n) is 5.42. The standard InChI is InChI=1S/C16H22N4O3S/c1-2-13-24(22,23)19-15-8-6-14(7-9-15)18-16(21)5-3-11-20-12-4-10-17-20/h4,6-10,12,19H,2-3,5,11,13H2,1H3,(H,18,21). The highest BCUT2D eigenvalue weighted by Crippen LogP contribution is 2.15. The number of sulfonamides is 1. The van der Waals surface area contributed by atoms with Gasteiger partial charge in [0.15, 0.2) is 0 Å². The Hall–Kier alpha value is -2.35. The van der Waals surface area contributed by atoms with Crippen LogP contribution in [0.5, 0.6) is 0 Å². The van der Waals surface area contributed by atoms with Crippen LogP contribution < -0.4 is 10.0 Å². The summed E-state index contributed by atoms with van der Waals surface area (Å²) in [5, 5.41) is 6.87. The van der Waals surface area contributed by atoms with Crippen molar-refractivity contribution >= 4 is 27.3 Å². The highest BCUT2D eigenvalue weighted by molar-refractivity contribution is 7.92. The van der Waals surface area contributed by atoms with Gasteiger partial charge < -0.3 is 5.32 Å². The van der Waals surface area contributed by atoms with Crippen LogP contribution in [0.25, 0.3) is 0 Å². The Morgan fingerprint density at radius 1 is 1.21 bits per heavy atom. The minimum Gasteiger partial charge on any atom is -0.326 e. The average Bonchev–Trinajstić information content (AvgIpc) is 3.02. The molecule has 7 nitrogen and oxygen atoms in total. The number of hydrogen-bond donors (Lipinski definition) is 2. The molecule has 1 amide bonds. The molecule has 0 fully saturated rings. The van der Waals surface area contributed by atoms with Crippen molar-refractivity contribution in [1.82, 2.24) is 9.78 Å². The first-order valence-corrected chi connectivity index (χ1v) is 9.51. The minimum absolute atomic E-state index is 0.0820. The smallest absolute Gasteiger partial charge is 0.232 e. The number of carbonyl (C=O) groups is 1. The summed E-state index contributed by atoms with van der Waals surface area (Å²) in [4.78, 5) is 11.9. The van der Waals surface area contributed by atoms with Gasteiger partial charge in [0.2, 0.25) is 15.9 Å². The fraction of sp³-hybridized carbons (Fsp3) is 0.375. The molecule has 1 aromatic carbocycles. The number of nitrogens with zero attached hydrogens (tertiary/aromatic N) is 2. The van der Waals surface area contributed by atoms with E-state index in [1.54, 1.807) is 35.1 Å². The third-order valence-corrected chi connectivity index (χ3v) is 4.76. The van der Waals surface area contributed by atoms with Gasteiger partial charge in [0.05, 0.1) is 5.75 Å². The van der Waals surface area contributed by atoms with Gasteiger partial charge in [-0.3, -0.25) is 14.2 Å². The lowest BCUT2D eigenvalue weighted by atomic mass is 10.2. The van der Waals surface area contributed by atoms with Crippen molar-refractivity contribution in [2.45, 2.75) is 32.7 Å². The van der Waals surface area contributed by atoms with Crippen molar-refractivity contribution in [3.8, 4) is 0 Å².